The van der Waals surface area contributed by atoms with Crippen molar-refractivity contribution in [2.45, 2.75) is 32.6 Å². The third kappa shape index (κ3) is 2.20. The van der Waals surface area contributed by atoms with Crippen molar-refractivity contribution < 1.29 is 4.74 Å². The summed E-state index contributed by atoms with van der Waals surface area (Å²) in [6, 6.07) is 8.35. The van der Waals surface area contributed by atoms with Crippen LogP contribution < -0.4 is 4.74 Å². The standard InChI is InChI=1S/C14H19ClO/c1-3-14(2,10-15)8-11-9-16-13-7-5-4-6-12(11)13/h4-7,11H,3,8-10H2,1-2H3. The average molecular weight is 239 g/mol. The van der Waals surface area contributed by atoms with E-state index in [1.165, 1.54) is 5.56 Å². The van der Waals surface area contributed by atoms with Gasteiger partial charge in [0.25, 0.3) is 0 Å². The summed E-state index contributed by atoms with van der Waals surface area (Å²) in [6.45, 7) is 5.29. The molecule has 2 atom stereocenters. The zero-order chi connectivity index (χ0) is 11.6. The second-order valence-electron chi connectivity index (χ2n) is 5.05. The van der Waals surface area contributed by atoms with Crippen molar-refractivity contribution >= 4 is 11.6 Å². The van der Waals surface area contributed by atoms with Gasteiger partial charge in [-0.15, -0.1) is 11.6 Å². The van der Waals surface area contributed by atoms with Gasteiger partial charge in [0.15, 0.2) is 0 Å². The third-order valence-corrected chi connectivity index (χ3v) is 4.36. The molecule has 16 heavy (non-hydrogen) atoms. The molecule has 0 saturated heterocycles. The molecule has 0 fully saturated rings. The first-order valence-electron chi connectivity index (χ1n) is 5.96. The molecule has 2 unspecified atom stereocenters. The highest BCUT2D eigenvalue weighted by atomic mass is 35.5. The first-order chi connectivity index (χ1) is 7.68. The molecular formula is C14H19ClO. The van der Waals surface area contributed by atoms with Gasteiger partial charge in [0.05, 0.1) is 6.61 Å². The Bertz CT molecular complexity index is 358. The second-order valence-corrected chi connectivity index (χ2v) is 5.31. The Hall–Kier alpha value is -0.690. The highest BCUT2D eigenvalue weighted by Crippen LogP contribution is 2.42. The molecule has 0 amide bonds. The molecule has 2 heteroatoms. The normalized spacial score (nSPS) is 22.3. The van der Waals surface area contributed by atoms with Crippen molar-refractivity contribution in [3.63, 3.8) is 0 Å². The summed E-state index contributed by atoms with van der Waals surface area (Å²) in [7, 11) is 0. The number of ether oxygens (including phenoxy) is 1. The Morgan fingerprint density at radius 3 is 2.88 bits per heavy atom. The molecule has 1 nitrogen and oxygen atoms in total. The lowest BCUT2D eigenvalue weighted by molar-refractivity contribution is 0.256. The van der Waals surface area contributed by atoms with Crippen LogP contribution in [0.3, 0.4) is 0 Å². The molecule has 0 spiro atoms. The van der Waals surface area contributed by atoms with Gasteiger partial charge in [-0.3, -0.25) is 0 Å². The molecule has 1 aromatic carbocycles. The monoisotopic (exact) mass is 238 g/mol. The molecule has 0 N–H and O–H groups in total. The number of halogens is 1. The highest BCUT2D eigenvalue weighted by molar-refractivity contribution is 6.18. The fourth-order valence-corrected chi connectivity index (χ4v) is 2.58. The van der Waals surface area contributed by atoms with Gasteiger partial charge < -0.3 is 4.74 Å². The SMILES string of the molecule is CCC(C)(CCl)CC1COc2ccccc21. The molecule has 1 aromatic rings. The summed E-state index contributed by atoms with van der Waals surface area (Å²) >= 11 is 6.07. The molecule has 1 heterocycles. The van der Waals surface area contributed by atoms with Crippen LogP contribution >= 0.6 is 11.6 Å². The zero-order valence-electron chi connectivity index (χ0n) is 10.0. The Morgan fingerprint density at radius 1 is 1.44 bits per heavy atom. The van der Waals surface area contributed by atoms with Crippen molar-refractivity contribution in [3.8, 4) is 5.75 Å². The van der Waals surface area contributed by atoms with Gasteiger partial charge in [0.2, 0.25) is 0 Å². The van der Waals surface area contributed by atoms with Crippen LogP contribution in [-0.2, 0) is 0 Å². The van der Waals surface area contributed by atoms with Crippen molar-refractivity contribution in [2.75, 3.05) is 12.5 Å². The zero-order valence-corrected chi connectivity index (χ0v) is 10.8. The smallest absolute Gasteiger partial charge is 0.122 e. The molecule has 1 aliphatic heterocycles. The number of hydrogen-bond acceptors (Lipinski definition) is 1. The van der Waals surface area contributed by atoms with E-state index in [9.17, 15) is 0 Å². The maximum atomic E-state index is 6.07. The lowest BCUT2D eigenvalue weighted by Crippen LogP contribution is -2.21. The van der Waals surface area contributed by atoms with Gasteiger partial charge in [-0.25, -0.2) is 0 Å². The van der Waals surface area contributed by atoms with E-state index in [1.807, 2.05) is 6.07 Å². The maximum Gasteiger partial charge on any atom is 0.122 e. The number of rotatable bonds is 4. The van der Waals surface area contributed by atoms with E-state index >= 15 is 0 Å². The molecule has 0 radical (unpaired) electrons. The van der Waals surface area contributed by atoms with Crippen LogP contribution in [0.25, 0.3) is 0 Å². The van der Waals surface area contributed by atoms with Crippen LogP contribution in [0.1, 0.15) is 38.2 Å². The molecule has 0 bridgehead atoms. The minimum absolute atomic E-state index is 0.229. The molecular weight excluding hydrogens is 220 g/mol. The Kier molecular flexibility index (Phi) is 3.44. The van der Waals surface area contributed by atoms with Gasteiger partial charge >= 0.3 is 0 Å². The van der Waals surface area contributed by atoms with E-state index in [1.54, 1.807) is 0 Å². The Morgan fingerprint density at radius 2 is 2.19 bits per heavy atom. The Balaban J connectivity index is 2.14. The fourth-order valence-electron chi connectivity index (χ4n) is 2.29. The second kappa shape index (κ2) is 4.67. The van der Waals surface area contributed by atoms with E-state index in [-0.39, 0.29) is 5.41 Å². The molecule has 0 saturated carbocycles. The highest BCUT2D eigenvalue weighted by Gasteiger charge is 2.31. The van der Waals surface area contributed by atoms with Crippen LogP contribution in [0.5, 0.6) is 5.75 Å². The first kappa shape index (κ1) is 11.8. The van der Waals surface area contributed by atoms with Crippen LogP contribution in [0.15, 0.2) is 24.3 Å². The van der Waals surface area contributed by atoms with Gasteiger partial charge in [0.1, 0.15) is 5.75 Å². The number of hydrogen-bond donors (Lipinski definition) is 0. The summed E-state index contributed by atoms with van der Waals surface area (Å²) in [4.78, 5) is 0. The summed E-state index contributed by atoms with van der Waals surface area (Å²) in [5, 5.41) is 0. The van der Waals surface area contributed by atoms with E-state index in [0.717, 1.165) is 31.1 Å². The van der Waals surface area contributed by atoms with Crippen molar-refractivity contribution in [3.05, 3.63) is 29.8 Å². The topological polar surface area (TPSA) is 9.23 Å². The van der Waals surface area contributed by atoms with Gasteiger partial charge in [-0.1, -0.05) is 32.0 Å². The van der Waals surface area contributed by atoms with Crippen LogP contribution in [0, 0.1) is 5.41 Å². The lowest BCUT2D eigenvalue weighted by atomic mass is 9.79. The number of alkyl halides is 1. The van der Waals surface area contributed by atoms with Crippen LogP contribution in [0.2, 0.25) is 0 Å². The summed E-state index contributed by atoms with van der Waals surface area (Å²) in [5.41, 5.74) is 1.58. The van der Waals surface area contributed by atoms with Crippen molar-refractivity contribution in [1.82, 2.24) is 0 Å². The van der Waals surface area contributed by atoms with Crippen LogP contribution in [0.4, 0.5) is 0 Å². The van der Waals surface area contributed by atoms with Crippen molar-refractivity contribution in [2.24, 2.45) is 5.41 Å². The number of benzene rings is 1. The maximum absolute atomic E-state index is 6.07. The predicted molar refractivity (Wildman–Crippen MR) is 68.4 cm³/mol. The van der Waals surface area contributed by atoms with E-state index < -0.39 is 0 Å². The predicted octanol–water partition coefficient (Wildman–Crippen LogP) is 4.21. The van der Waals surface area contributed by atoms with E-state index in [0.29, 0.717) is 5.92 Å². The van der Waals surface area contributed by atoms with E-state index in [2.05, 4.69) is 32.0 Å². The molecule has 2 rings (SSSR count). The molecule has 1 aliphatic rings. The lowest BCUT2D eigenvalue weighted by Gasteiger charge is -2.28. The van der Waals surface area contributed by atoms with Crippen LogP contribution in [-0.4, -0.2) is 12.5 Å². The van der Waals surface area contributed by atoms with Gasteiger partial charge in [-0.05, 0) is 24.3 Å². The summed E-state index contributed by atoms with van der Waals surface area (Å²) in [6.07, 6.45) is 2.24. The van der Waals surface area contributed by atoms with Gasteiger partial charge in [-0.2, -0.15) is 0 Å². The molecule has 0 aromatic heterocycles. The third-order valence-electron chi connectivity index (χ3n) is 3.71. The quantitative estimate of drug-likeness (QED) is 0.714. The Labute approximate surface area is 103 Å². The number of fused-ring (bicyclic) bond motifs is 1. The molecule has 0 aliphatic carbocycles. The fraction of sp³-hybridized carbons (Fsp3) is 0.571. The largest absolute Gasteiger partial charge is 0.493 e. The number of para-hydroxylation sites is 1. The minimum Gasteiger partial charge on any atom is -0.493 e. The summed E-state index contributed by atoms with van der Waals surface area (Å²) < 4.78 is 5.70. The van der Waals surface area contributed by atoms with Gasteiger partial charge in [0, 0.05) is 17.4 Å². The first-order valence-corrected chi connectivity index (χ1v) is 6.49. The molecule has 88 valence electrons. The average Bonchev–Trinajstić information content (AvgIpc) is 2.73. The summed E-state index contributed by atoms with van der Waals surface area (Å²) in [5.74, 6) is 2.29. The van der Waals surface area contributed by atoms with E-state index in [4.69, 9.17) is 16.3 Å². The minimum atomic E-state index is 0.229. The van der Waals surface area contributed by atoms with Crippen molar-refractivity contribution in [1.29, 1.82) is 0 Å².